The van der Waals surface area contributed by atoms with Crippen LogP contribution in [0.2, 0.25) is 0 Å². The fraction of sp³-hybridized carbons (Fsp3) is 0.222. The monoisotopic (exact) mass is 348 g/mol. The van der Waals surface area contributed by atoms with Crippen molar-refractivity contribution >= 4 is 11.8 Å². The van der Waals surface area contributed by atoms with E-state index in [1.165, 1.54) is 6.07 Å². The number of rotatable bonds is 7. The molecule has 2 aromatic carbocycles. The molecule has 5 nitrogen and oxygen atoms in total. The van der Waals surface area contributed by atoms with Gasteiger partial charge in [-0.3, -0.25) is 9.59 Å². The van der Waals surface area contributed by atoms with Gasteiger partial charge < -0.3 is 15.4 Å². The molecule has 2 N–H and O–H groups in total. The number of halogens is 2. The van der Waals surface area contributed by atoms with E-state index in [4.69, 9.17) is 4.74 Å². The molecular formula is C18H18F2N2O3. The van der Waals surface area contributed by atoms with Gasteiger partial charge in [-0.25, -0.2) is 8.78 Å². The first-order valence-corrected chi connectivity index (χ1v) is 7.64. The van der Waals surface area contributed by atoms with Gasteiger partial charge in [-0.15, -0.1) is 0 Å². The van der Waals surface area contributed by atoms with Crippen molar-refractivity contribution in [2.45, 2.75) is 13.0 Å². The fourth-order valence-electron chi connectivity index (χ4n) is 2.12. The predicted octanol–water partition coefficient (Wildman–Crippen LogP) is 2.34. The van der Waals surface area contributed by atoms with E-state index in [2.05, 4.69) is 10.6 Å². The second kappa shape index (κ2) is 8.77. The molecule has 0 fully saturated rings. The summed E-state index contributed by atoms with van der Waals surface area (Å²) in [5.41, 5.74) is 0.161. The number of carbonyl (C=O) groups excluding carboxylic acids is 2. The van der Waals surface area contributed by atoms with E-state index in [1.807, 2.05) is 6.07 Å². The Morgan fingerprint density at radius 2 is 1.80 bits per heavy atom. The number of hydrogen-bond acceptors (Lipinski definition) is 3. The summed E-state index contributed by atoms with van der Waals surface area (Å²) in [5, 5.41) is 4.93. The van der Waals surface area contributed by atoms with Crippen molar-refractivity contribution in [1.82, 2.24) is 10.6 Å². The molecule has 2 amide bonds. The van der Waals surface area contributed by atoms with E-state index in [-0.39, 0.29) is 18.7 Å². The predicted molar refractivity (Wildman–Crippen MR) is 87.9 cm³/mol. The molecule has 0 heterocycles. The van der Waals surface area contributed by atoms with Gasteiger partial charge in [0.1, 0.15) is 17.4 Å². The second-order valence-corrected chi connectivity index (χ2v) is 5.33. The lowest BCUT2D eigenvalue weighted by Gasteiger charge is -2.15. The van der Waals surface area contributed by atoms with E-state index < -0.39 is 29.5 Å². The fourth-order valence-corrected chi connectivity index (χ4v) is 2.12. The van der Waals surface area contributed by atoms with E-state index in [9.17, 15) is 18.4 Å². The molecule has 0 spiro atoms. The van der Waals surface area contributed by atoms with Gasteiger partial charge in [0, 0.05) is 11.6 Å². The van der Waals surface area contributed by atoms with Gasteiger partial charge in [-0.05, 0) is 25.1 Å². The highest BCUT2D eigenvalue weighted by atomic mass is 19.1. The average Bonchev–Trinajstić information content (AvgIpc) is 2.59. The van der Waals surface area contributed by atoms with Crippen LogP contribution in [-0.4, -0.2) is 25.0 Å². The van der Waals surface area contributed by atoms with Gasteiger partial charge in [-0.2, -0.15) is 0 Å². The first kappa shape index (κ1) is 18.4. The van der Waals surface area contributed by atoms with E-state index in [0.29, 0.717) is 5.75 Å². The van der Waals surface area contributed by atoms with Crippen LogP contribution in [0.25, 0.3) is 0 Å². The first-order valence-electron chi connectivity index (χ1n) is 7.64. The Morgan fingerprint density at radius 3 is 2.48 bits per heavy atom. The summed E-state index contributed by atoms with van der Waals surface area (Å²) in [6.45, 7) is 1.07. The minimum absolute atomic E-state index is 0.161. The molecule has 132 valence electrons. The maximum absolute atomic E-state index is 13.6. The van der Waals surface area contributed by atoms with E-state index >= 15 is 0 Å². The standard InChI is InChI=1S/C18H18F2N2O3/c1-12(15-8-7-13(19)9-16(15)20)22-17(23)10-21-18(24)11-25-14-5-3-2-4-6-14/h2-9,12H,10-11H2,1H3,(H,21,24)(H,22,23)/t12-/m1/s1. The zero-order valence-electron chi connectivity index (χ0n) is 13.6. The molecule has 0 aromatic heterocycles. The van der Waals surface area contributed by atoms with Crippen molar-refractivity contribution in [2.75, 3.05) is 13.2 Å². The SMILES string of the molecule is C[C@@H](NC(=O)CNC(=O)COc1ccccc1)c1ccc(F)cc1F. The van der Waals surface area contributed by atoms with Crippen molar-refractivity contribution < 1.29 is 23.1 Å². The highest BCUT2D eigenvalue weighted by Gasteiger charge is 2.15. The first-order chi connectivity index (χ1) is 12.0. The van der Waals surface area contributed by atoms with Crippen LogP contribution < -0.4 is 15.4 Å². The molecule has 0 aliphatic rings. The Hall–Kier alpha value is -2.96. The normalized spacial score (nSPS) is 11.5. The summed E-state index contributed by atoms with van der Waals surface area (Å²) in [4.78, 5) is 23.5. The summed E-state index contributed by atoms with van der Waals surface area (Å²) in [6, 6.07) is 11.3. The van der Waals surface area contributed by atoms with Crippen molar-refractivity contribution in [3.05, 3.63) is 65.7 Å². The smallest absolute Gasteiger partial charge is 0.258 e. The Bertz CT molecular complexity index is 738. The molecule has 0 aliphatic carbocycles. The third-order valence-electron chi connectivity index (χ3n) is 3.37. The zero-order chi connectivity index (χ0) is 18.2. The third-order valence-corrected chi connectivity index (χ3v) is 3.37. The molecule has 7 heteroatoms. The molecule has 2 aromatic rings. The summed E-state index contributed by atoms with van der Waals surface area (Å²) in [7, 11) is 0. The minimum Gasteiger partial charge on any atom is -0.484 e. The average molecular weight is 348 g/mol. The molecule has 0 aliphatic heterocycles. The van der Waals surface area contributed by atoms with Gasteiger partial charge in [0.05, 0.1) is 12.6 Å². The van der Waals surface area contributed by atoms with Crippen molar-refractivity contribution in [3.8, 4) is 5.75 Å². The topological polar surface area (TPSA) is 67.4 Å². The van der Waals surface area contributed by atoms with Crippen molar-refractivity contribution in [1.29, 1.82) is 0 Å². The van der Waals surface area contributed by atoms with Gasteiger partial charge in [0.25, 0.3) is 5.91 Å². The molecule has 1 atom stereocenters. The molecular weight excluding hydrogens is 330 g/mol. The maximum atomic E-state index is 13.6. The van der Waals surface area contributed by atoms with Crippen molar-refractivity contribution in [3.63, 3.8) is 0 Å². The van der Waals surface area contributed by atoms with Crippen LogP contribution in [-0.2, 0) is 9.59 Å². The molecule has 25 heavy (non-hydrogen) atoms. The molecule has 2 rings (SSSR count). The Kier molecular flexibility index (Phi) is 6.45. The third kappa shape index (κ3) is 5.87. The lowest BCUT2D eigenvalue weighted by Crippen LogP contribution is -2.39. The van der Waals surface area contributed by atoms with Crippen LogP contribution in [0.4, 0.5) is 8.78 Å². The lowest BCUT2D eigenvalue weighted by molar-refractivity contribution is -0.127. The number of benzene rings is 2. The van der Waals surface area contributed by atoms with E-state index in [0.717, 1.165) is 12.1 Å². The van der Waals surface area contributed by atoms with Gasteiger partial charge >= 0.3 is 0 Å². The van der Waals surface area contributed by atoms with E-state index in [1.54, 1.807) is 31.2 Å². The Labute approximate surface area is 144 Å². The van der Waals surface area contributed by atoms with Gasteiger partial charge in [0.2, 0.25) is 5.91 Å². The van der Waals surface area contributed by atoms with Crippen LogP contribution in [0.5, 0.6) is 5.75 Å². The highest BCUT2D eigenvalue weighted by molar-refractivity contribution is 5.85. The number of para-hydroxylation sites is 1. The largest absolute Gasteiger partial charge is 0.484 e. The Balaban J connectivity index is 1.75. The van der Waals surface area contributed by atoms with Gasteiger partial charge in [0.15, 0.2) is 6.61 Å². The molecule has 0 bridgehead atoms. The summed E-state index contributed by atoms with van der Waals surface area (Å²) in [5.74, 6) is -1.84. The number of hydrogen-bond donors (Lipinski definition) is 2. The molecule has 0 saturated carbocycles. The van der Waals surface area contributed by atoms with Crippen LogP contribution in [0.3, 0.4) is 0 Å². The Morgan fingerprint density at radius 1 is 1.08 bits per heavy atom. The highest BCUT2D eigenvalue weighted by Crippen LogP contribution is 2.17. The number of carbonyl (C=O) groups is 2. The number of ether oxygens (including phenoxy) is 1. The second-order valence-electron chi connectivity index (χ2n) is 5.33. The van der Waals surface area contributed by atoms with Crippen LogP contribution in [0, 0.1) is 11.6 Å². The molecule has 0 saturated heterocycles. The minimum atomic E-state index is -0.743. The quantitative estimate of drug-likeness (QED) is 0.807. The molecule has 0 unspecified atom stereocenters. The number of amides is 2. The van der Waals surface area contributed by atoms with Crippen molar-refractivity contribution in [2.24, 2.45) is 0 Å². The zero-order valence-corrected chi connectivity index (χ0v) is 13.6. The van der Waals surface area contributed by atoms with Crippen LogP contribution in [0.15, 0.2) is 48.5 Å². The van der Waals surface area contributed by atoms with Crippen LogP contribution in [0.1, 0.15) is 18.5 Å². The van der Waals surface area contributed by atoms with Gasteiger partial charge in [-0.1, -0.05) is 24.3 Å². The maximum Gasteiger partial charge on any atom is 0.258 e. The summed E-state index contributed by atoms with van der Waals surface area (Å²) in [6.07, 6.45) is 0. The summed E-state index contributed by atoms with van der Waals surface area (Å²) >= 11 is 0. The lowest BCUT2D eigenvalue weighted by atomic mass is 10.1. The number of nitrogens with one attached hydrogen (secondary N) is 2. The molecule has 0 radical (unpaired) electrons. The van der Waals surface area contributed by atoms with Crippen LogP contribution >= 0.6 is 0 Å². The summed E-state index contributed by atoms with van der Waals surface area (Å²) < 4.78 is 31.8.